The van der Waals surface area contributed by atoms with Crippen molar-refractivity contribution in [3.8, 4) is 23.0 Å². The number of carbonyl (C=O) groups excluding carboxylic acids is 2. The Morgan fingerprint density at radius 1 is 0.931 bits per heavy atom. The van der Waals surface area contributed by atoms with E-state index in [0.717, 1.165) is 0 Å². The van der Waals surface area contributed by atoms with Crippen LogP contribution in [-0.2, 0) is 4.79 Å². The van der Waals surface area contributed by atoms with Gasteiger partial charge in [-0.15, -0.1) is 0 Å². The third-order valence-corrected chi connectivity index (χ3v) is 4.75. The molecule has 1 aliphatic heterocycles. The van der Waals surface area contributed by atoms with Gasteiger partial charge in [-0.05, 0) is 24.3 Å². The molecule has 1 heterocycles. The summed E-state index contributed by atoms with van der Waals surface area (Å²) in [5.41, 5.74) is 1.09. The van der Waals surface area contributed by atoms with E-state index in [2.05, 4.69) is 5.32 Å². The molecule has 2 aromatic carbocycles. The predicted octanol–water partition coefficient (Wildman–Crippen LogP) is 2.26. The molecule has 0 radical (unpaired) electrons. The fourth-order valence-electron chi connectivity index (χ4n) is 3.25. The van der Waals surface area contributed by atoms with Crippen LogP contribution in [-0.4, -0.2) is 52.8 Å². The van der Waals surface area contributed by atoms with E-state index in [1.807, 2.05) is 0 Å². The second kappa shape index (κ2) is 8.72. The molecule has 0 spiro atoms. The number of nitrogens with one attached hydrogen (secondary N) is 1. The molecule has 3 rings (SSSR count). The predicted molar refractivity (Wildman–Crippen MR) is 107 cm³/mol. The first-order valence-corrected chi connectivity index (χ1v) is 9.05. The Bertz CT molecular complexity index is 892. The van der Waals surface area contributed by atoms with E-state index >= 15 is 0 Å². The molecule has 0 bridgehead atoms. The molecule has 8 heteroatoms. The van der Waals surface area contributed by atoms with Gasteiger partial charge in [-0.2, -0.15) is 0 Å². The highest BCUT2D eigenvalue weighted by Crippen LogP contribution is 2.33. The van der Waals surface area contributed by atoms with Crippen molar-refractivity contribution in [1.82, 2.24) is 5.32 Å². The summed E-state index contributed by atoms with van der Waals surface area (Å²) in [7, 11) is 6.14. The van der Waals surface area contributed by atoms with Gasteiger partial charge in [0.25, 0.3) is 5.91 Å². The Labute approximate surface area is 169 Å². The average Bonchev–Trinajstić information content (AvgIpc) is 3.12. The zero-order valence-electron chi connectivity index (χ0n) is 16.9. The first-order chi connectivity index (χ1) is 14.0. The van der Waals surface area contributed by atoms with E-state index < -0.39 is 0 Å². The van der Waals surface area contributed by atoms with Crippen molar-refractivity contribution >= 4 is 17.5 Å². The van der Waals surface area contributed by atoms with Crippen molar-refractivity contribution in [1.29, 1.82) is 0 Å². The topological polar surface area (TPSA) is 86.3 Å². The van der Waals surface area contributed by atoms with Gasteiger partial charge in [0, 0.05) is 36.3 Å². The minimum atomic E-state index is -0.319. The summed E-state index contributed by atoms with van der Waals surface area (Å²) in [6, 6.07) is 9.90. The van der Waals surface area contributed by atoms with Gasteiger partial charge >= 0.3 is 0 Å². The maximum Gasteiger partial charge on any atom is 0.251 e. The van der Waals surface area contributed by atoms with Crippen molar-refractivity contribution in [3.05, 3.63) is 42.0 Å². The summed E-state index contributed by atoms with van der Waals surface area (Å²) in [6.07, 6.45) is 0.210. The Morgan fingerprint density at radius 3 is 2.17 bits per heavy atom. The molecule has 8 nitrogen and oxygen atoms in total. The van der Waals surface area contributed by atoms with Crippen molar-refractivity contribution in [2.24, 2.45) is 0 Å². The molecule has 154 valence electrons. The smallest absolute Gasteiger partial charge is 0.251 e. The Hall–Kier alpha value is -3.42. The number of methoxy groups -OCH3 is 4. The number of hydrogen-bond acceptors (Lipinski definition) is 6. The van der Waals surface area contributed by atoms with Gasteiger partial charge in [0.2, 0.25) is 5.91 Å². The lowest BCUT2D eigenvalue weighted by Crippen LogP contribution is -2.37. The summed E-state index contributed by atoms with van der Waals surface area (Å²) < 4.78 is 21.0. The number of rotatable bonds is 7. The summed E-state index contributed by atoms with van der Waals surface area (Å²) >= 11 is 0. The molecule has 2 amide bonds. The molecule has 1 fully saturated rings. The standard InChI is InChI=1S/C21H24N2O6/c1-26-16-7-13(8-17(11-16)27-2)21(25)22-14-9-20(24)23(12-14)15-5-6-18(28-3)19(10-15)29-4/h5-8,10-11,14H,9,12H2,1-4H3,(H,22,25). The van der Waals surface area contributed by atoms with Crippen LogP contribution < -0.4 is 29.2 Å². The normalized spacial score (nSPS) is 15.8. The van der Waals surface area contributed by atoms with E-state index in [0.29, 0.717) is 40.8 Å². The molecule has 1 N–H and O–H groups in total. The first-order valence-electron chi connectivity index (χ1n) is 9.05. The molecule has 1 saturated heterocycles. The largest absolute Gasteiger partial charge is 0.497 e. The highest BCUT2D eigenvalue weighted by Gasteiger charge is 2.32. The molecule has 0 aromatic heterocycles. The zero-order chi connectivity index (χ0) is 21.0. The summed E-state index contributed by atoms with van der Waals surface area (Å²) in [5, 5.41) is 2.91. The van der Waals surface area contributed by atoms with Crippen LogP contribution in [0.4, 0.5) is 5.69 Å². The minimum Gasteiger partial charge on any atom is -0.497 e. The van der Waals surface area contributed by atoms with Crippen LogP contribution >= 0.6 is 0 Å². The second-order valence-corrected chi connectivity index (χ2v) is 6.52. The molecule has 1 atom stereocenters. The van der Waals surface area contributed by atoms with Crippen LogP contribution in [0.25, 0.3) is 0 Å². The number of ether oxygens (including phenoxy) is 4. The molecule has 1 aliphatic rings. The van der Waals surface area contributed by atoms with Crippen molar-refractivity contribution in [2.45, 2.75) is 12.5 Å². The quantitative estimate of drug-likeness (QED) is 0.767. The molecule has 0 aliphatic carbocycles. The van der Waals surface area contributed by atoms with Crippen LogP contribution in [0, 0.1) is 0 Å². The number of nitrogens with zero attached hydrogens (tertiary/aromatic N) is 1. The maximum absolute atomic E-state index is 12.7. The van der Waals surface area contributed by atoms with E-state index in [9.17, 15) is 9.59 Å². The lowest BCUT2D eigenvalue weighted by molar-refractivity contribution is -0.117. The summed E-state index contributed by atoms with van der Waals surface area (Å²) in [6.45, 7) is 0.362. The number of benzene rings is 2. The molecule has 29 heavy (non-hydrogen) atoms. The fraction of sp³-hybridized carbons (Fsp3) is 0.333. The molecular weight excluding hydrogens is 376 g/mol. The molecule has 0 saturated carbocycles. The minimum absolute atomic E-state index is 0.0780. The number of hydrogen-bond donors (Lipinski definition) is 1. The van der Waals surface area contributed by atoms with Gasteiger partial charge in [0.1, 0.15) is 11.5 Å². The van der Waals surface area contributed by atoms with Gasteiger partial charge in [-0.25, -0.2) is 0 Å². The Balaban J connectivity index is 1.73. The number of carbonyl (C=O) groups is 2. The van der Waals surface area contributed by atoms with Crippen LogP contribution in [0.1, 0.15) is 16.8 Å². The summed E-state index contributed by atoms with van der Waals surface area (Å²) in [4.78, 5) is 26.8. The second-order valence-electron chi connectivity index (χ2n) is 6.52. The van der Waals surface area contributed by atoms with Gasteiger partial charge in [0.15, 0.2) is 11.5 Å². The van der Waals surface area contributed by atoms with Crippen LogP contribution in [0.5, 0.6) is 23.0 Å². The van der Waals surface area contributed by atoms with Gasteiger partial charge < -0.3 is 29.2 Å². The van der Waals surface area contributed by atoms with Crippen molar-refractivity contribution in [2.75, 3.05) is 39.9 Å². The Morgan fingerprint density at radius 2 is 1.59 bits per heavy atom. The van der Waals surface area contributed by atoms with Gasteiger partial charge in [-0.1, -0.05) is 0 Å². The van der Waals surface area contributed by atoms with E-state index in [1.54, 1.807) is 55.5 Å². The number of amides is 2. The van der Waals surface area contributed by atoms with Gasteiger partial charge in [-0.3, -0.25) is 9.59 Å². The van der Waals surface area contributed by atoms with E-state index in [-0.39, 0.29) is 24.3 Å². The van der Waals surface area contributed by atoms with E-state index in [4.69, 9.17) is 18.9 Å². The van der Waals surface area contributed by atoms with Crippen molar-refractivity contribution in [3.63, 3.8) is 0 Å². The average molecular weight is 400 g/mol. The molecular formula is C21H24N2O6. The SMILES string of the molecule is COc1cc(OC)cc(C(=O)NC2CC(=O)N(c3ccc(OC)c(OC)c3)C2)c1. The zero-order valence-corrected chi connectivity index (χ0v) is 16.9. The highest BCUT2D eigenvalue weighted by atomic mass is 16.5. The van der Waals surface area contributed by atoms with Crippen LogP contribution in [0.15, 0.2) is 36.4 Å². The lowest BCUT2D eigenvalue weighted by atomic mass is 10.1. The van der Waals surface area contributed by atoms with Gasteiger partial charge in [0.05, 0.1) is 34.5 Å². The molecule has 1 unspecified atom stereocenters. The highest BCUT2D eigenvalue weighted by molar-refractivity contribution is 5.99. The first kappa shape index (κ1) is 20.3. The lowest BCUT2D eigenvalue weighted by Gasteiger charge is -2.19. The fourth-order valence-corrected chi connectivity index (χ4v) is 3.25. The van der Waals surface area contributed by atoms with Crippen molar-refractivity contribution < 1.29 is 28.5 Å². The van der Waals surface area contributed by atoms with E-state index in [1.165, 1.54) is 14.2 Å². The molecule has 2 aromatic rings. The van der Waals surface area contributed by atoms with Crippen LogP contribution in [0.2, 0.25) is 0 Å². The number of anilines is 1. The third-order valence-electron chi connectivity index (χ3n) is 4.75. The monoisotopic (exact) mass is 400 g/mol. The maximum atomic E-state index is 12.7. The Kier molecular flexibility index (Phi) is 6.11. The third kappa shape index (κ3) is 4.37. The summed E-state index contributed by atoms with van der Waals surface area (Å²) in [5.74, 6) is 1.78. The van der Waals surface area contributed by atoms with Crippen LogP contribution in [0.3, 0.4) is 0 Å².